The zero-order chi connectivity index (χ0) is 13.4. The van der Waals surface area contributed by atoms with Crippen molar-refractivity contribution in [1.29, 1.82) is 0 Å². The standard InChI is InChI=1S/C16H28N2/c1-5-17-12-11-15-7-9-16(10-8-15)13-18(6-2)14(3)4/h7-10,14,17H,5-6,11-13H2,1-4H3. The van der Waals surface area contributed by atoms with E-state index in [4.69, 9.17) is 0 Å². The van der Waals surface area contributed by atoms with Crippen LogP contribution >= 0.6 is 0 Å². The van der Waals surface area contributed by atoms with Crippen LogP contribution < -0.4 is 5.32 Å². The maximum absolute atomic E-state index is 3.36. The number of rotatable bonds is 8. The molecule has 0 atom stereocenters. The molecular weight excluding hydrogens is 220 g/mol. The molecule has 18 heavy (non-hydrogen) atoms. The van der Waals surface area contributed by atoms with Crippen molar-refractivity contribution in [3.05, 3.63) is 35.4 Å². The fraction of sp³-hybridized carbons (Fsp3) is 0.625. The quantitative estimate of drug-likeness (QED) is 0.711. The number of likely N-dealkylation sites (N-methyl/N-ethyl adjacent to an activating group) is 1. The lowest BCUT2D eigenvalue weighted by Crippen LogP contribution is -2.29. The molecule has 1 aromatic rings. The van der Waals surface area contributed by atoms with Crippen molar-refractivity contribution in [1.82, 2.24) is 10.2 Å². The van der Waals surface area contributed by atoms with Gasteiger partial charge in [-0.3, -0.25) is 4.90 Å². The zero-order valence-corrected chi connectivity index (χ0v) is 12.4. The Balaban J connectivity index is 2.49. The normalized spacial score (nSPS) is 11.4. The van der Waals surface area contributed by atoms with Gasteiger partial charge in [0.1, 0.15) is 0 Å². The van der Waals surface area contributed by atoms with E-state index in [1.165, 1.54) is 11.1 Å². The van der Waals surface area contributed by atoms with E-state index in [1.54, 1.807) is 0 Å². The first kappa shape index (κ1) is 15.2. The Morgan fingerprint density at radius 3 is 2.17 bits per heavy atom. The molecule has 0 fully saturated rings. The van der Waals surface area contributed by atoms with Gasteiger partial charge >= 0.3 is 0 Å². The number of nitrogens with one attached hydrogen (secondary N) is 1. The third-order valence-corrected chi connectivity index (χ3v) is 3.39. The van der Waals surface area contributed by atoms with Crippen LogP contribution in [0.1, 0.15) is 38.8 Å². The molecule has 0 unspecified atom stereocenters. The second-order valence-corrected chi connectivity index (χ2v) is 5.08. The van der Waals surface area contributed by atoms with Crippen LogP contribution in [0.2, 0.25) is 0 Å². The number of hydrogen-bond donors (Lipinski definition) is 1. The molecule has 1 aromatic carbocycles. The molecule has 0 aromatic heterocycles. The summed E-state index contributed by atoms with van der Waals surface area (Å²) in [6.45, 7) is 13.2. The summed E-state index contributed by atoms with van der Waals surface area (Å²) in [7, 11) is 0. The van der Waals surface area contributed by atoms with E-state index < -0.39 is 0 Å². The van der Waals surface area contributed by atoms with Crippen LogP contribution in [0.15, 0.2) is 24.3 Å². The summed E-state index contributed by atoms with van der Waals surface area (Å²) < 4.78 is 0. The first-order valence-corrected chi connectivity index (χ1v) is 7.20. The minimum Gasteiger partial charge on any atom is -0.317 e. The molecule has 1 rings (SSSR count). The molecular formula is C16H28N2. The summed E-state index contributed by atoms with van der Waals surface area (Å²) in [4.78, 5) is 2.48. The van der Waals surface area contributed by atoms with Crippen molar-refractivity contribution in [3.8, 4) is 0 Å². The van der Waals surface area contributed by atoms with Gasteiger partial charge in [-0.05, 0) is 51.0 Å². The maximum atomic E-state index is 3.36. The van der Waals surface area contributed by atoms with E-state index in [0.29, 0.717) is 6.04 Å². The highest BCUT2D eigenvalue weighted by Gasteiger charge is 2.07. The van der Waals surface area contributed by atoms with Crippen LogP contribution in [0.25, 0.3) is 0 Å². The minimum atomic E-state index is 0.614. The molecule has 0 bridgehead atoms. The van der Waals surface area contributed by atoms with Crippen LogP contribution in [0.5, 0.6) is 0 Å². The second kappa shape index (κ2) is 8.28. The van der Waals surface area contributed by atoms with E-state index in [1.807, 2.05) is 0 Å². The van der Waals surface area contributed by atoms with Crippen molar-refractivity contribution >= 4 is 0 Å². The molecule has 0 aliphatic heterocycles. The summed E-state index contributed by atoms with van der Waals surface area (Å²) in [6, 6.07) is 9.68. The van der Waals surface area contributed by atoms with Gasteiger partial charge in [-0.2, -0.15) is 0 Å². The maximum Gasteiger partial charge on any atom is 0.0236 e. The molecule has 0 radical (unpaired) electrons. The summed E-state index contributed by atoms with van der Waals surface area (Å²) in [6.07, 6.45) is 1.12. The summed E-state index contributed by atoms with van der Waals surface area (Å²) in [5.41, 5.74) is 2.84. The first-order valence-electron chi connectivity index (χ1n) is 7.20. The lowest BCUT2D eigenvalue weighted by molar-refractivity contribution is 0.225. The largest absolute Gasteiger partial charge is 0.317 e. The zero-order valence-electron chi connectivity index (χ0n) is 12.4. The highest BCUT2D eigenvalue weighted by Crippen LogP contribution is 2.10. The fourth-order valence-electron chi connectivity index (χ4n) is 2.11. The number of benzene rings is 1. The van der Waals surface area contributed by atoms with Gasteiger partial charge in [0.25, 0.3) is 0 Å². The molecule has 2 heteroatoms. The van der Waals surface area contributed by atoms with Gasteiger partial charge in [-0.15, -0.1) is 0 Å². The molecule has 0 aliphatic carbocycles. The van der Waals surface area contributed by atoms with Crippen LogP contribution in [0, 0.1) is 0 Å². The Hall–Kier alpha value is -0.860. The van der Waals surface area contributed by atoms with Crippen molar-refractivity contribution < 1.29 is 0 Å². The van der Waals surface area contributed by atoms with Gasteiger partial charge in [0.2, 0.25) is 0 Å². The van der Waals surface area contributed by atoms with Crippen molar-refractivity contribution in [2.75, 3.05) is 19.6 Å². The Morgan fingerprint density at radius 2 is 1.67 bits per heavy atom. The molecule has 0 amide bonds. The fourth-order valence-corrected chi connectivity index (χ4v) is 2.11. The van der Waals surface area contributed by atoms with Gasteiger partial charge < -0.3 is 5.32 Å². The smallest absolute Gasteiger partial charge is 0.0236 e. The van der Waals surface area contributed by atoms with E-state index in [-0.39, 0.29) is 0 Å². The average Bonchev–Trinajstić information content (AvgIpc) is 2.37. The highest BCUT2D eigenvalue weighted by atomic mass is 15.1. The summed E-state index contributed by atoms with van der Waals surface area (Å²) in [5.74, 6) is 0. The molecule has 1 N–H and O–H groups in total. The van der Waals surface area contributed by atoms with Crippen molar-refractivity contribution in [2.45, 2.75) is 46.7 Å². The van der Waals surface area contributed by atoms with Gasteiger partial charge in [0, 0.05) is 12.6 Å². The Labute approximate surface area is 112 Å². The minimum absolute atomic E-state index is 0.614. The Bertz CT molecular complexity index is 316. The van der Waals surface area contributed by atoms with Gasteiger partial charge in [-0.25, -0.2) is 0 Å². The predicted octanol–water partition coefficient (Wildman–Crippen LogP) is 3.07. The first-order chi connectivity index (χ1) is 8.67. The predicted molar refractivity (Wildman–Crippen MR) is 79.9 cm³/mol. The van der Waals surface area contributed by atoms with Gasteiger partial charge in [0.05, 0.1) is 0 Å². The van der Waals surface area contributed by atoms with E-state index >= 15 is 0 Å². The van der Waals surface area contributed by atoms with E-state index in [9.17, 15) is 0 Å². The van der Waals surface area contributed by atoms with Gasteiger partial charge in [0.15, 0.2) is 0 Å². The summed E-state index contributed by atoms with van der Waals surface area (Å²) in [5, 5.41) is 3.36. The molecule has 2 nitrogen and oxygen atoms in total. The molecule has 0 heterocycles. The van der Waals surface area contributed by atoms with Crippen LogP contribution in [-0.4, -0.2) is 30.6 Å². The van der Waals surface area contributed by atoms with Crippen molar-refractivity contribution in [2.24, 2.45) is 0 Å². The third-order valence-electron chi connectivity index (χ3n) is 3.39. The Kier molecular flexibility index (Phi) is 6.99. The topological polar surface area (TPSA) is 15.3 Å². The lowest BCUT2D eigenvalue weighted by Gasteiger charge is -2.24. The van der Waals surface area contributed by atoms with Gasteiger partial charge in [-0.1, -0.05) is 38.1 Å². The van der Waals surface area contributed by atoms with Crippen LogP contribution in [0.3, 0.4) is 0 Å². The monoisotopic (exact) mass is 248 g/mol. The number of hydrogen-bond acceptors (Lipinski definition) is 2. The van der Waals surface area contributed by atoms with Crippen LogP contribution in [0.4, 0.5) is 0 Å². The second-order valence-electron chi connectivity index (χ2n) is 5.08. The Morgan fingerprint density at radius 1 is 1.06 bits per heavy atom. The highest BCUT2D eigenvalue weighted by molar-refractivity contribution is 5.22. The van der Waals surface area contributed by atoms with E-state index in [0.717, 1.165) is 32.6 Å². The SMILES string of the molecule is CCNCCc1ccc(CN(CC)C(C)C)cc1. The summed E-state index contributed by atoms with van der Waals surface area (Å²) >= 11 is 0. The molecule has 102 valence electrons. The molecule has 0 aliphatic rings. The molecule has 0 spiro atoms. The molecule has 0 saturated heterocycles. The molecule has 0 saturated carbocycles. The number of nitrogens with zero attached hydrogens (tertiary/aromatic N) is 1. The van der Waals surface area contributed by atoms with Crippen LogP contribution in [-0.2, 0) is 13.0 Å². The lowest BCUT2D eigenvalue weighted by atomic mass is 10.1. The van der Waals surface area contributed by atoms with Crippen molar-refractivity contribution in [3.63, 3.8) is 0 Å². The third kappa shape index (κ3) is 5.19. The average molecular weight is 248 g/mol. The van der Waals surface area contributed by atoms with E-state index in [2.05, 4.69) is 62.2 Å².